The largest absolute Gasteiger partial charge is 0.389 e. The van der Waals surface area contributed by atoms with E-state index in [1.807, 2.05) is 0 Å². The summed E-state index contributed by atoms with van der Waals surface area (Å²) in [6.45, 7) is 4.32. The second kappa shape index (κ2) is 4.82. The lowest BCUT2D eigenvalue weighted by atomic mass is 9.55. The molecule has 0 aliphatic heterocycles. The van der Waals surface area contributed by atoms with Crippen molar-refractivity contribution in [2.45, 2.75) is 64.4 Å². The molecule has 0 heterocycles. The first-order valence-electron chi connectivity index (χ1n) is 9.11. The van der Waals surface area contributed by atoms with Crippen LogP contribution in [0, 0.1) is 34.5 Å². The van der Waals surface area contributed by atoms with Crippen molar-refractivity contribution in [3.05, 3.63) is 0 Å². The van der Waals surface area contributed by atoms with Crippen LogP contribution in [0.4, 0.5) is 0 Å². The standard InChI is InChI=1S/C19H27ClO3/c1-17-7-6-13-16(12(17)3-4-15(17)22)14(10-20)19(23)9-11(21)5-8-18(13,19)2/h12-14,16,23H,3-10H2,1-2H3/t12-,13-,14+,16-,17-,18+,19+/m0/s1. The van der Waals surface area contributed by atoms with Gasteiger partial charge in [0.2, 0.25) is 0 Å². The molecule has 3 nitrogen and oxygen atoms in total. The maximum absolute atomic E-state index is 12.5. The zero-order chi connectivity index (χ0) is 16.6. The van der Waals surface area contributed by atoms with E-state index in [0.29, 0.717) is 42.3 Å². The Kier molecular flexibility index (Phi) is 3.37. The number of hydrogen-bond acceptors (Lipinski definition) is 3. The summed E-state index contributed by atoms with van der Waals surface area (Å²) in [5.74, 6) is 1.92. The van der Waals surface area contributed by atoms with E-state index in [0.717, 1.165) is 25.7 Å². The number of aliphatic hydroxyl groups is 1. The van der Waals surface area contributed by atoms with E-state index in [4.69, 9.17) is 11.6 Å². The predicted molar refractivity (Wildman–Crippen MR) is 88.2 cm³/mol. The Morgan fingerprint density at radius 2 is 1.87 bits per heavy atom. The van der Waals surface area contributed by atoms with Crippen LogP contribution in [0.15, 0.2) is 0 Å². The number of carbonyl (C=O) groups is 2. The number of halogens is 1. The minimum absolute atomic E-state index is 0.0565. The smallest absolute Gasteiger partial charge is 0.139 e. The first-order chi connectivity index (χ1) is 10.8. The lowest BCUT2D eigenvalue weighted by Crippen LogP contribution is -2.53. The van der Waals surface area contributed by atoms with Gasteiger partial charge < -0.3 is 5.11 Å². The fourth-order valence-electron chi connectivity index (χ4n) is 7.09. The van der Waals surface area contributed by atoms with Gasteiger partial charge in [0.25, 0.3) is 0 Å². The topological polar surface area (TPSA) is 54.4 Å². The maximum atomic E-state index is 12.5. The summed E-state index contributed by atoms with van der Waals surface area (Å²) in [6.07, 6.45) is 5.14. The molecule has 23 heavy (non-hydrogen) atoms. The van der Waals surface area contributed by atoms with Crippen molar-refractivity contribution in [2.24, 2.45) is 34.5 Å². The highest BCUT2D eigenvalue weighted by Gasteiger charge is 2.71. The minimum Gasteiger partial charge on any atom is -0.389 e. The Morgan fingerprint density at radius 3 is 2.57 bits per heavy atom. The van der Waals surface area contributed by atoms with Crippen LogP contribution in [0.3, 0.4) is 0 Å². The van der Waals surface area contributed by atoms with E-state index in [9.17, 15) is 14.7 Å². The molecule has 4 heteroatoms. The first kappa shape index (κ1) is 16.1. The molecule has 0 spiro atoms. The Morgan fingerprint density at radius 1 is 1.13 bits per heavy atom. The average molecular weight is 339 g/mol. The lowest BCUT2D eigenvalue weighted by molar-refractivity contribution is -0.150. The van der Waals surface area contributed by atoms with Crippen LogP contribution >= 0.6 is 11.6 Å². The van der Waals surface area contributed by atoms with Gasteiger partial charge in [-0.2, -0.15) is 0 Å². The molecule has 4 rings (SSSR count). The third-order valence-electron chi connectivity index (χ3n) is 8.48. The van der Waals surface area contributed by atoms with Gasteiger partial charge in [-0.05, 0) is 43.4 Å². The molecule has 0 bridgehead atoms. The first-order valence-corrected chi connectivity index (χ1v) is 9.65. The summed E-state index contributed by atoms with van der Waals surface area (Å²) >= 11 is 6.36. The number of Topliss-reactive ketones (excluding diaryl/α,β-unsaturated/α-hetero) is 2. The number of alkyl halides is 1. The van der Waals surface area contributed by atoms with Gasteiger partial charge in [0.05, 0.1) is 5.60 Å². The van der Waals surface area contributed by atoms with E-state index in [-0.39, 0.29) is 29.0 Å². The summed E-state index contributed by atoms with van der Waals surface area (Å²) in [4.78, 5) is 24.6. The second-order valence-corrected chi connectivity index (χ2v) is 9.33. The number of hydrogen-bond donors (Lipinski definition) is 1. The number of fused-ring (bicyclic) bond motifs is 5. The molecule has 7 atom stereocenters. The molecular formula is C19H27ClO3. The van der Waals surface area contributed by atoms with Gasteiger partial charge in [-0.15, -0.1) is 11.6 Å². The van der Waals surface area contributed by atoms with Crippen LogP contribution in [-0.4, -0.2) is 28.2 Å². The number of rotatable bonds is 1. The van der Waals surface area contributed by atoms with Crippen LogP contribution in [0.5, 0.6) is 0 Å². The molecule has 0 saturated heterocycles. The molecule has 0 aromatic rings. The minimum atomic E-state index is -0.976. The van der Waals surface area contributed by atoms with Crippen molar-refractivity contribution in [1.29, 1.82) is 0 Å². The zero-order valence-electron chi connectivity index (χ0n) is 14.1. The maximum Gasteiger partial charge on any atom is 0.139 e. The zero-order valence-corrected chi connectivity index (χ0v) is 14.9. The van der Waals surface area contributed by atoms with Gasteiger partial charge in [-0.25, -0.2) is 0 Å². The van der Waals surface area contributed by atoms with Crippen LogP contribution < -0.4 is 0 Å². The van der Waals surface area contributed by atoms with E-state index >= 15 is 0 Å². The van der Waals surface area contributed by atoms with Crippen molar-refractivity contribution in [2.75, 3.05) is 5.88 Å². The quantitative estimate of drug-likeness (QED) is 0.746. The van der Waals surface area contributed by atoms with Gasteiger partial charge in [0, 0.05) is 41.9 Å². The molecule has 128 valence electrons. The summed E-state index contributed by atoms with van der Waals surface area (Å²) < 4.78 is 0. The summed E-state index contributed by atoms with van der Waals surface area (Å²) in [7, 11) is 0. The molecule has 0 aromatic heterocycles. The van der Waals surface area contributed by atoms with Crippen molar-refractivity contribution in [3.63, 3.8) is 0 Å². The van der Waals surface area contributed by atoms with Crippen LogP contribution in [0.1, 0.15) is 58.8 Å². The van der Waals surface area contributed by atoms with E-state index in [1.54, 1.807) is 0 Å². The monoisotopic (exact) mass is 338 g/mol. The molecule has 4 aliphatic rings. The molecule has 0 amide bonds. The van der Waals surface area contributed by atoms with Gasteiger partial charge in [-0.1, -0.05) is 13.8 Å². The van der Waals surface area contributed by atoms with Crippen molar-refractivity contribution in [1.82, 2.24) is 0 Å². The van der Waals surface area contributed by atoms with E-state index in [2.05, 4.69) is 13.8 Å². The third kappa shape index (κ3) is 1.76. The fraction of sp³-hybridized carbons (Fsp3) is 0.895. The fourth-order valence-corrected chi connectivity index (χ4v) is 7.55. The Hall–Kier alpha value is -0.410. The molecule has 4 fully saturated rings. The Bertz CT molecular complexity index is 575. The molecule has 4 aliphatic carbocycles. The normalized spacial score (nSPS) is 55.5. The highest BCUT2D eigenvalue weighted by atomic mass is 35.5. The SMILES string of the molecule is C[C@]12CC[C@H]3[C@@H]([C@@H](CCl)[C@]4(O)CC(=O)CC[C@]34C)[C@@H]1CCC2=O. The Balaban J connectivity index is 1.81. The molecule has 0 unspecified atom stereocenters. The molecule has 4 saturated carbocycles. The van der Waals surface area contributed by atoms with Crippen molar-refractivity contribution < 1.29 is 14.7 Å². The second-order valence-electron chi connectivity index (χ2n) is 9.03. The molecule has 1 N–H and O–H groups in total. The summed E-state index contributed by atoms with van der Waals surface area (Å²) in [5.41, 5.74) is -1.43. The lowest BCUT2D eigenvalue weighted by Gasteiger charge is -2.49. The van der Waals surface area contributed by atoms with Gasteiger partial charge >= 0.3 is 0 Å². The molecular weight excluding hydrogens is 312 g/mol. The average Bonchev–Trinajstić information content (AvgIpc) is 2.89. The van der Waals surface area contributed by atoms with Gasteiger partial charge in [0.15, 0.2) is 0 Å². The summed E-state index contributed by atoms with van der Waals surface area (Å²) in [5, 5.41) is 11.6. The van der Waals surface area contributed by atoms with Gasteiger partial charge in [0.1, 0.15) is 11.6 Å². The van der Waals surface area contributed by atoms with E-state index in [1.165, 1.54) is 0 Å². The van der Waals surface area contributed by atoms with Crippen molar-refractivity contribution >= 4 is 23.2 Å². The summed E-state index contributed by atoms with van der Waals surface area (Å²) in [6, 6.07) is 0. The molecule has 0 aromatic carbocycles. The van der Waals surface area contributed by atoms with Gasteiger partial charge in [-0.3, -0.25) is 9.59 Å². The third-order valence-corrected chi connectivity index (χ3v) is 8.82. The highest BCUT2D eigenvalue weighted by molar-refractivity contribution is 6.18. The predicted octanol–water partition coefficient (Wildman–Crippen LogP) is 3.36. The van der Waals surface area contributed by atoms with Crippen LogP contribution in [0.2, 0.25) is 0 Å². The Labute approximate surface area is 143 Å². The number of carbonyl (C=O) groups excluding carboxylic acids is 2. The van der Waals surface area contributed by atoms with Crippen LogP contribution in [0.25, 0.3) is 0 Å². The molecule has 0 radical (unpaired) electrons. The van der Waals surface area contributed by atoms with Crippen LogP contribution in [-0.2, 0) is 9.59 Å². The van der Waals surface area contributed by atoms with E-state index < -0.39 is 5.60 Å². The number of ketones is 2. The van der Waals surface area contributed by atoms with Crippen molar-refractivity contribution in [3.8, 4) is 0 Å². The highest BCUT2D eigenvalue weighted by Crippen LogP contribution is 2.71.